The van der Waals surface area contributed by atoms with Crippen LogP contribution < -0.4 is 11.1 Å². The molecule has 0 aliphatic carbocycles. The molecule has 5 heteroatoms. The maximum absolute atomic E-state index is 5.81. The lowest BCUT2D eigenvalue weighted by atomic mass is 10.2. The Morgan fingerprint density at radius 3 is 2.77 bits per heavy atom. The zero-order chi connectivity index (χ0) is 15.6. The lowest BCUT2D eigenvalue weighted by Crippen LogP contribution is -2.34. The smallest absolute Gasteiger partial charge is 0.189 e. The number of hydrogen-bond donors (Lipinski definition) is 2. The Morgan fingerprint density at radius 2 is 2.05 bits per heavy atom. The molecule has 0 atom stereocenters. The number of rotatable bonds is 8. The third-order valence-electron chi connectivity index (χ3n) is 3.30. The van der Waals surface area contributed by atoms with E-state index in [0.717, 1.165) is 31.8 Å². The van der Waals surface area contributed by atoms with Crippen molar-refractivity contribution in [3.63, 3.8) is 0 Å². The normalized spacial score (nSPS) is 11.8. The van der Waals surface area contributed by atoms with Crippen LogP contribution in [0.5, 0.6) is 0 Å². The highest BCUT2D eigenvalue weighted by atomic mass is 16.3. The van der Waals surface area contributed by atoms with Gasteiger partial charge >= 0.3 is 0 Å². The molecule has 0 unspecified atom stereocenters. The van der Waals surface area contributed by atoms with Crippen LogP contribution in [0.4, 0.5) is 0 Å². The van der Waals surface area contributed by atoms with Gasteiger partial charge in [-0.25, -0.2) is 4.99 Å². The summed E-state index contributed by atoms with van der Waals surface area (Å²) in [6, 6.07) is 14.2. The predicted octanol–water partition coefficient (Wildman–Crippen LogP) is 2.21. The molecule has 1 heterocycles. The summed E-state index contributed by atoms with van der Waals surface area (Å²) in [4.78, 5) is 6.53. The van der Waals surface area contributed by atoms with Crippen LogP contribution in [0.1, 0.15) is 17.7 Å². The van der Waals surface area contributed by atoms with Crippen LogP contribution in [0.2, 0.25) is 0 Å². The van der Waals surface area contributed by atoms with Crippen molar-refractivity contribution in [3.05, 3.63) is 60.1 Å². The van der Waals surface area contributed by atoms with E-state index in [0.29, 0.717) is 12.5 Å². The molecular formula is C17H24N4O. The molecule has 5 nitrogen and oxygen atoms in total. The van der Waals surface area contributed by atoms with Gasteiger partial charge in [-0.2, -0.15) is 0 Å². The van der Waals surface area contributed by atoms with Gasteiger partial charge in [-0.15, -0.1) is 0 Å². The van der Waals surface area contributed by atoms with Gasteiger partial charge in [0.05, 0.1) is 6.26 Å². The summed E-state index contributed by atoms with van der Waals surface area (Å²) in [5, 5.41) is 3.12. The topological polar surface area (TPSA) is 66.8 Å². The van der Waals surface area contributed by atoms with Gasteiger partial charge in [0.15, 0.2) is 5.96 Å². The number of furan rings is 1. The Bertz CT molecular complexity index is 551. The van der Waals surface area contributed by atoms with Gasteiger partial charge < -0.3 is 20.4 Å². The maximum atomic E-state index is 5.81. The minimum atomic E-state index is 0.460. The van der Waals surface area contributed by atoms with Crippen LogP contribution in [0.15, 0.2) is 58.1 Å². The number of nitrogens with two attached hydrogens (primary N) is 1. The molecule has 0 saturated carbocycles. The highest BCUT2D eigenvalue weighted by Crippen LogP contribution is 2.03. The second-order valence-corrected chi connectivity index (χ2v) is 5.28. The second kappa shape index (κ2) is 8.89. The summed E-state index contributed by atoms with van der Waals surface area (Å²) < 4.78 is 5.20. The largest absolute Gasteiger partial charge is 0.467 e. The first-order valence-electron chi connectivity index (χ1n) is 7.52. The van der Waals surface area contributed by atoms with Crippen LogP contribution >= 0.6 is 0 Å². The highest BCUT2D eigenvalue weighted by molar-refractivity contribution is 5.77. The molecule has 0 fully saturated rings. The van der Waals surface area contributed by atoms with E-state index in [4.69, 9.17) is 10.2 Å². The second-order valence-electron chi connectivity index (χ2n) is 5.28. The third kappa shape index (κ3) is 6.01. The first kappa shape index (κ1) is 16.1. The molecule has 22 heavy (non-hydrogen) atoms. The van der Waals surface area contributed by atoms with Crippen molar-refractivity contribution in [2.75, 3.05) is 20.1 Å². The van der Waals surface area contributed by atoms with Crippen LogP contribution in [0, 0.1) is 0 Å². The van der Waals surface area contributed by atoms with Crippen molar-refractivity contribution >= 4 is 5.96 Å². The van der Waals surface area contributed by atoms with Crippen molar-refractivity contribution in [3.8, 4) is 0 Å². The van der Waals surface area contributed by atoms with Crippen LogP contribution in [0.25, 0.3) is 0 Å². The number of nitrogens with zero attached hydrogens (tertiary/aromatic N) is 2. The van der Waals surface area contributed by atoms with Gasteiger partial charge in [-0.1, -0.05) is 30.3 Å². The number of aliphatic imine (C=N–C) groups is 1. The van der Waals surface area contributed by atoms with E-state index in [9.17, 15) is 0 Å². The fraction of sp³-hybridized carbons (Fsp3) is 0.353. The summed E-state index contributed by atoms with van der Waals surface area (Å²) in [5.41, 5.74) is 7.15. The quantitative estimate of drug-likeness (QED) is 0.445. The average molecular weight is 300 g/mol. The van der Waals surface area contributed by atoms with Crippen molar-refractivity contribution in [2.24, 2.45) is 10.7 Å². The van der Waals surface area contributed by atoms with Gasteiger partial charge in [0.25, 0.3) is 0 Å². The van der Waals surface area contributed by atoms with E-state index in [2.05, 4.69) is 46.5 Å². The summed E-state index contributed by atoms with van der Waals surface area (Å²) >= 11 is 0. The molecule has 0 amide bonds. The Hall–Kier alpha value is -2.27. The molecule has 1 aromatic carbocycles. The number of benzene rings is 1. The molecule has 0 aliphatic heterocycles. The fourth-order valence-corrected chi connectivity index (χ4v) is 2.16. The molecule has 0 saturated heterocycles. The Morgan fingerprint density at radius 1 is 1.23 bits per heavy atom. The molecular weight excluding hydrogens is 276 g/mol. The minimum absolute atomic E-state index is 0.460. The molecule has 0 bridgehead atoms. The Labute approximate surface area is 131 Å². The molecule has 1 aromatic heterocycles. The zero-order valence-corrected chi connectivity index (χ0v) is 13.0. The molecule has 3 N–H and O–H groups in total. The average Bonchev–Trinajstić information content (AvgIpc) is 3.04. The molecule has 2 aromatic rings. The molecule has 0 aliphatic rings. The van der Waals surface area contributed by atoms with Crippen LogP contribution in [-0.4, -0.2) is 31.0 Å². The third-order valence-corrected chi connectivity index (χ3v) is 3.30. The SMILES string of the molecule is CN(CCCNC(N)=NCc1ccco1)Cc1ccccc1. The predicted molar refractivity (Wildman–Crippen MR) is 89.4 cm³/mol. The Kier molecular flexibility index (Phi) is 6.51. The fourth-order valence-electron chi connectivity index (χ4n) is 2.16. The number of guanidine groups is 1. The van der Waals surface area contributed by atoms with E-state index in [1.807, 2.05) is 18.2 Å². The van der Waals surface area contributed by atoms with E-state index in [-0.39, 0.29) is 0 Å². The Balaban J connectivity index is 1.59. The van der Waals surface area contributed by atoms with Crippen LogP contribution in [-0.2, 0) is 13.1 Å². The molecule has 118 valence electrons. The summed E-state index contributed by atoms with van der Waals surface area (Å²) in [5.74, 6) is 1.27. The zero-order valence-electron chi connectivity index (χ0n) is 13.0. The lowest BCUT2D eigenvalue weighted by Gasteiger charge is -2.16. The lowest BCUT2D eigenvalue weighted by molar-refractivity contribution is 0.322. The van der Waals surface area contributed by atoms with Gasteiger partial charge in [0, 0.05) is 13.1 Å². The summed E-state index contributed by atoms with van der Waals surface area (Å²) in [6.07, 6.45) is 2.65. The highest BCUT2D eigenvalue weighted by Gasteiger charge is 2.00. The van der Waals surface area contributed by atoms with Gasteiger partial charge in [-0.05, 0) is 37.7 Å². The summed E-state index contributed by atoms with van der Waals surface area (Å²) in [6.45, 7) is 3.25. The van der Waals surface area contributed by atoms with Gasteiger partial charge in [0.1, 0.15) is 12.3 Å². The van der Waals surface area contributed by atoms with E-state index in [1.165, 1.54) is 5.56 Å². The van der Waals surface area contributed by atoms with Crippen molar-refractivity contribution in [1.82, 2.24) is 10.2 Å². The minimum Gasteiger partial charge on any atom is -0.467 e. The first-order chi connectivity index (χ1) is 10.7. The maximum Gasteiger partial charge on any atom is 0.189 e. The van der Waals surface area contributed by atoms with Crippen LogP contribution in [0.3, 0.4) is 0 Å². The van der Waals surface area contributed by atoms with Crippen molar-refractivity contribution in [2.45, 2.75) is 19.5 Å². The van der Waals surface area contributed by atoms with E-state index < -0.39 is 0 Å². The van der Waals surface area contributed by atoms with Crippen molar-refractivity contribution < 1.29 is 4.42 Å². The van der Waals surface area contributed by atoms with Gasteiger partial charge in [0.2, 0.25) is 0 Å². The molecule has 0 spiro atoms. The van der Waals surface area contributed by atoms with Gasteiger partial charge in [-0.3, -0.25) is 0 Å². The summed E-state index contributed by atoms with van der Waals surface area (Å²) in [7, 11) is 2.13. The number of hydrogen-bond acceptors (Lipinski definition) is 3. The molecule has 2 rings (SSSR count). The van der Waals surface area contributed by atoms with Crippen molar-refractivity contribution in [1.29, 1.82) is 0 Å². The standard InChI is InChI=1S/C17H24N4O/c1-21(14-15-7-3-2-4-8-15)11-6-10-19-17(18)20-13-16-9-5-12-22-16/h2-5,7-9,12H,6,10-11,13-14H2,1H3,(H3,18,19,20). The van der Waals surface area contributed by atoms with E-state index >= 15 is 0 Å². The molecule has 0 radical (unpaired) electrons. The van der Waals surface area contributed by atoms with E-state index in [1.54, 1.807) is 6.26 Å². The first-order valence-corrected chi connectivity index (χ1v) is 7.52. The monoisotopic (exact) mass is 300 g/mol. The number of nitrogens with one attached hydrogen (secondary N) is 1.